The molecule has 0 spiro atoms. The van der Waals surface area contributed by atoms with E-state index in [-0.39, 0.29) is 5.78 Å². The maximum Gasteiger partial charge on any atom is 0.195 e. The number of hydrogen-bond donors (Lipinski definition) is 2. The van der Waals surface area contributed by atoms with Gasteiger partial charge >= 0.3 is 0 Å². The summed E-state index contributed by atoms with van der Waals surface area (Å²) in [6, 6.07) is 19.8. The highest BCUT2D eigenvalue weighted by Gasteiger charge is 2.12. The molecule has 0 aliphatic carbocycles. The number of rotatable bonds is 2. The molecule has 0 bridgehead atoms. The van der Waals surface area contributed by atoms with Crippen LogP contribution in [0, 0.1) is 0 Å². The van der Waals surface area contributed by atoms with Gasteiger partial charge in [0, 0.05) is 23.5 Å². The topological polar surface area (TPSA) is 82.0 Å². The number of carbonyl (C=O) groups is 1. The Morgan fingerprint density at radius 1 is 0.773 bits per heavy atom. The van der Waals surface area contributed by atoms with E-state index < -0.39 is 0 Å². The largest absolute Gasteiger partial charge is 0.397 e. The maximum absolute atomic E-state index is 12.1. The first-order valence-electron chi connectivity index (χ1n) is 6.79. The molecule has 4 N–H and O–H groups in total. The fourth-order valence-corrected chi connectivity index (χ4v) is 1.84. The molecule has 0 aliphatic heterocycles. The average molecular weight is 291 g/mol. The van der Waals surface area contributed by atoms with Crippen LogP contribution in [0.15, 0.2) is 79.1 Å². The molecule has 1 aromatic heterocycles. The number of aromatic nitrogens is 1. The second-order valence-corrected chi connectivity index (χ2v) is 4.53. The van der Waals surface area contributed by atoms with Gasteiger partial charge < -0.3 is 11.5 Å². The van der Waals surface area contributed by atoms with Gasteiger partial charge in [-0.25, -0.2) is 0 Å². The molecular weight excluding hydrogens is 274 g/mol. The number of nitrogen functional groups attached to an aromatic ring is 2. The van der Waals surface area contributed by atoms with Crippen LogP contribution >= 0.6 is 0 Å². The van der Waals surface area contributed by atoms with Crippen LogP contribution in [0.5, 0.6) is 0 Å². The summed E-state index contributed by atoms with van der Waals surface area (Å²) in [6.45, 7) is 0. The lowest BCUT2D eigenvalue weighted by Gasteiger charge is -2.06. The lowest BCUT2D eigenvalue weighted by molar-refractivity contribution is 0.103. The van der Waals surface area contributed by atoms with Crippen LogP contribution in [0.4, 0.5) is 11.4 Å². The molecule has 110 valence electrons. The molecule has 3 aromatic rings. The fourth-order valence-electron chi connectivity index (χ4n) is 1.84. The number of anilines is 2. The number of nitrogens with zero attached hydrogens (tertiary/aromatic N) is 1. The zero-order valence-electron chi connectivity index (χ0n) is 12.0. The second kappa shape index (κ2) is 7.59. The summed E-state index contributed by atoms with van der Waals surface area (Å²) in [7, 11) is 0. The van der Waals surface area contributed by atoms with Gasteiger partial charge in [-0.15, -0.1) is 0 Å². The van der Waals surface area contributed by atoms with Crippen molar-refractivity contribution in [3.63, 3.8) is 0 Å². The van der Waals surface area contributed by atoms with Gasteiger partial charge in [0.2, 0.25) is 0 Å². The first-order chi connectivity index (χ1) is 10.7. The predicted molar refractivity (Wildman–Crippen MR) is 89.4 cm³/mol. The van der Waals surface area contributed by atoms with Gasteiger partial charge in [0.15, 0.2) is 5.78 Å². The summed E-state index contributed by atoms with van der Waals surface area (Å²) in [5.41, 5.74) is 13.3. The molecule has 22 heavy (non-hydrogen) atoms. The molecule has 0 atom stereocenters. The Morgan fingerprint density at radius 2 is 1.41 bits per heavy atom. The summed E-state index contributed by atoms with van der Waals surface area (Å²) in [5, 5.41) is 0. The monoisotopic (exact) mass is 291 g/mol. The third kappa shape index (κ3) is 3.93. The van der Waals surface area contributed by atoms with E-state index >= 15 is 0 Å². The lowest BCUT2D eigenvalue weighted by atomic mass is 10.0. The lowest BCUT2D eigenvalue weighted by Crippen LogP contribution is -2.07. The number of hydrogen-bond acceptors (Lipinski definition) is 4. The Morgan fingerprint density at radius 3 is 1.95 bits per heavy atom. The van der Waals surface area contributed by atoms with Crippen LogP contribution in [0.1, 0.15) is 15.9 Å². The van der Waals surface area contributed by atoms with Crippen LogP contribution in [-0.4, -0.2) is 10.8 Å². The number of nitrogens with two attached hydrogens (primary N) is 2. The van der Waals surface area contributed by atoms with Crippen molar-refractivity contribution >= 4 is 17.2 Å². The Balaban J connectivity index is 0.000000246. The summed E-state index contributed by atoms with van der Waals surface area (Å²) in [6.07, 6.45) is 3.50. The van der Waals surface area contributed by atoms with Gasteiger partial charge in [-0.3, -0.25) is 9.78 Å². The van der Waals surface area contributed by atoms with Crippen LogP contribution in [0.25, 0.3) is 0 Å². The molecule has 0 radical (unpaired) electrons. The van der Waals surface area contributed by atoms with Crippen molar-refractivity contribution in [2.75, 3.05) is 11.5 Å². The van der Waals surface area contributed by atoms with Crippen molar-refractivity contribution in [1.82, 2.24) is 4.98 Å². The van der Waals surface area contributed by atoms with Gasteiger partial charge in [-0.2, -0.15) is 0 Å². The zero-order valence-corrected chi connectivity index (χ0v) is 12.0. The number of para-hydroxylation sites is 1. The summed E-state index contributed by atoms with van der Waals surface area (Å²) in [4.78, 5) is 15.9. The molecule has 0 saturated carbocycles. The predicted octanol–water partition coefficient (Wildman–Crippen LogP) is 3.16. The molecule has 0 amide bonds. The Labute approximate surface area is 129 Å². The molecule has 0 aliphatic rings. The molecule has 4 heteroatoms. The minimum atomic E-state index is -0.106. The Kier molecular flexibility index (Phi) is 5.26. The second-order valence-electron chi connectivity index (χ2n) is 4.53. The summed E-state index contributed by atoms with van der Waals surface area (Å²) >= 11 is 0. The number of carbonyl (C=O) groups excluding carboxylic acids is 1. The van der Waals surface area contributed by atoms with Gasteiger partial charge in [0.05, 0.1) is 11.4 Å². The van der Waals surface area contributed by atoms with Gasteiger partial charge in [-0.1, -0.05) is 42.5 Å². The number of ketones is 1. The van der Waals surface area contributed by atoms with Crippen molar-refractivity contribution < 1.29 is 4.79 Å². The average Bonchev–Trinajstić information content (AvgIpc) is 2.60. The van der Waals surface area contributed by atoms with Gasteiger partial charge in [0.25, 0.3) is 0 Å². The molecular formula is C18H17N3O. The van der Waals surface area contributed by atoms with E-state index in [1.54, 1.807) is 42.7 Å². The smallest absolute Gasteiger partial charge is 0.195 e. The van der Waals surface area contributed by atoms with Gasteiger partial charge in [0.1, 0.15) is 0 Å². The van der Waals surface area contributed by atoms with Crippen molar-refractivity contribution in [3.8, 4) is 0 Å². The fraction of sp³-hybridized carbons (Fsp3) is 0. The van der Waals surface area contributed by atoms with E-state index in [2.05, 4.69) is 4.98 Å². The van der Waals surface area contributed by atoms with Crippen molar-refractivity contribution in [1.29, 1.82) is 0 Å². The highest BCUT2D eigenvalue weighted by Crippen LogP contribution is 2.22. The van der Waals surface area contributed by atoms with E-state index in [4.69, 9.17) is 11.5 Å². The minimum absolute atomic E-state index is 0.106. The molecule has 3 rings (SSSR count). The normalized spacial score (nSPS) is 9.45. The first kappa shape index (κ1) is 15.3. The van der Waals surface area contributed by atoms with E-state index in [1.807, 2.05) is 36.4 Å². The molecule has 4 nitrogen and oxygen atoms in total. The molecule has 1 heterocycles. The van der Waals surface area contributed by atoms with Crippen LogP contribution in [-0.2, 0) is 0 Å². The van der Waals surface area contributed by atoms with Crippen LogP contribution < -0.4 is 11.5 Å². The first-order valence-corrected chi connectivity index (χ1v) is 6.79. The third-order valence-corrected chi connectivity index (χ3v) is 2.99. The van der Waals surface area contributed by atoms with Crippen LogP contribution in [0.3, 0.4) is 0 Å². The SMILES string of the molecule is Nc1cccc(C(=O)c2ccccc2)c1N.c1ccncc1. The number of benzene rings is 2. The minimum Gasteiger partial charge on any atom is -0.397 e. The molecule has 0 unspecified atom stereocenters. The molecule has 0 saturated heterocycles. The number of pyridine rings is 1. The summed E-state index contributed by atoms with van der Waals surface area (Å²) < 4.78 is 0. The van der Waals surface area contributed by atoms with E-state index in [0.29, 0.717) is 22.5 Å². The molecule has 0 fully saturated rings. The van der Waals surface area contributed by atoms with E-state index in [0.717, 1.165) is 0 Å². The van der Waals surface area contributed by atoms with Crippen molar-refractivity contribution in [3.05, 3.63) is 90.3 Å². The standard InChI is InChI=1S/C13H12N2O.C5H5N/c14-11-8-4-7-10(12(11)15)13(16)9-5-2-1-3-6-9;1-2-4-6-5-3-1/h1-8H,14-15H2;1-5H. The van der Waals surface area contributed by atoms with Crippen molar-refractivity contribution in [2.45, 2.75) is 0 Å². The van der Waals surface area contributed by atoms with E-state index in [9.17, 15) is 4.79 Å². The van der Waals surface area contributed by atoms with Gasteiger partial charge in [-0.05, 0) is 24.3 Å². The van der Waals surface area contributed by atoms with E-state index in [1.165, 1.54) is 0 Å². The molecule has 2 aromatic carbocycles. The third-order valence-electron chi connectivity index (χ3n) is 2.99. The zero-order chi connectivity index (χ0) is 15.8. The Hall–Kier alpha value is -3.14. The quantitative estimate of drug-likeness (QED) is 0.561. The highest BCUT2D eigenvalue weighted by molar-refractivity contribution is 6.13. The van der Waals surface area contributed by atoms with Crippen LogP contribution in [0.2, 0.25) is 0 Å². The van der Waals surface area contributed by atoms with Crippen molar-refractivity contribution in [2.24, 2.45) is 0 Å². The highest BCUT2D eigenvalue weighted by atomic mass is 16.1. The summed E-state index contributed by atoms with van der Waals surface area (Å²) in [5.74, 6) is -0.106. The maximum atomic E-state index is 12.1. The Bertz CT molecular complexity index is 701.